The monoisotopic (exact) mass is 344 g/mol. The van der Waals surface area contributed by atoms with E-state index < -0.39 is 0 Å². The second-order valence-corrected chi connectivity index (χ2v) is 7.39. The molecular formula is C21H32N2O2. The molecule has 1 aromatic carbocycles. The van der Waals surface area contributed by atoms with Gasteiger partial charge in [-0.3, -0.25) is 9.69 Å². The van der Waals surface area contributed by atoms with E-state index in [9.17, 15) is 4.79 Å². The number of carbonyl (C=O) groups excluding carboxylic acids is 1. The van der Waals surface area contributed by atoms with E-state index in [1.807, 2.05) is 6.92 Å². The molecule has 0 aromatic heterocycles. The highest BCUT2D eigenvalue weighted by Crippen LogP contribution is 2.24. The van der Waals surface area contributed by atoms with Crippen molar-refractivity contribution in [3.05, 3.63) is 35.9 Å². The first kappa shape index (κ1) is 18.4. The normalized spacial score (nSPS) is 23.5. The van der Waals surface area contributed by atoms with Gasteiger partial charge >= 0.3 is 5.97 Å². The predicted molar refractivity (Wildman–Crippen MR) is 101 cm³/mol. The summed E-state index contributed by atoms with van der Waals surface area (Å²) < 4.78 is 5.23. The maximum Gasteiger partial charge on any atom is 0.310 e. The molecule has 2 saturated heterocycles. The molecule has 0 amide bonds. The lowest BCUT2D eigenvalue weighted by atomic mass is 9.94. The van der Waals surface area contributed by atoms with Crippen LogP contribution in [0.5, 0.6) is 0 Å². The fraction of sp³-hybridized carbons (Fsp3) is 0.667. The average Bonchev–Trinajstić information content (AvgIpc) is 2.68. The van der Waals surface area contributed by atoms with E-state index in [0.29, 0.717) is 12.6 Å². The van der Waals surface area contributed by atoms with Crippen molar-refractivity contribution < 1.29 is 9.53 Å². The summed E-state index contributed by atoms with van der Waals surface area (Å²) in [7, 11) is 0. The topological polar surface area (TPSA) is 32.8 Å². The summed E-state index contributed by atoms with van der Waals surface area (Å²) in [6.45, 7) is 7.94. The minimum Gasteiger partial charge on any atom is -0.466 e. The Morgan fingerprint density at radius 1 is 1.12 bits per heavy atom. The maximum absolute atomic E-state index is 12.0. The molecule has 2 fully saturated rings. The number of piperidine rings is 2. The van der Waals surface area contributed by atoms with Crippen LogP contribution in [0.1, 0.15) is 38.2 Å². The molecule has 0 N–H and O–H groups in total. The Hall–Kier alpha value is -1.39. The Kier molecular flexibility index (Phi) is 6.88. The molecule has 2 aliphatic heterocycles. The molecule has 4 nitrogen and oxygen atoms in total. The smallest absolute Gasteiger partial charge is 0.310 e. The largest absolute Gasteiger partial charge is 0.466 e. The van der Waals surface area contributed by atoms with Gasteiger partial charge in [0, 0.05) is 19.1 Å². The van der Waals surface area contributed by atoms with Crippen LogP contribution in [0, 0.1) is 5.92 Å². The number of benzene rings is 1. The van der Waals surface area contributed by atoms with E-state index in [2.05, 4.69) is 40.1 Å². The Morgan fingerprint density at radius 2 is 1.88 bits per heavy atom. The fourth-order valence-electron chi connectivity index (χ4n) is 4.23. The molecule has 138 valence electrons. The highest BCUT2D eigenvalue weighted by Gasteiger charge is 2.32. The average molecular weight is 344 g/mol. The summed E-state index contributed by atoms with van der Waals surface area (Å²) in [4.78, 5) is 17.2. The zero-order chi connectivity index (χ0) is 17.5. The van der Waals surface area contributed by atoms with Gasteiger partial charge in [-0.05, 0) is 64.2 Å². The summed E-state index contributed by atoms with van der Waals surface area (Å²) in [5.74, 6) is 0.0947. The zero-order valence-corrected chi connectivity index (χ0v) is 15.5. The van der Waals surface area contributed by atoms with Crippen LogP contribution in [-0.2, 0) is 16.0 Å². The highest BCUT2D eigenvalue weighted by atomic mass is 16.5. The van der Waals surface area contributed by atoms with Crippen molar-refractivity contribution in [2.24, 2.45) is 5.92 Å². The van der Waals surface area contributed by atoms with E-state index >= 15 is 0 Å². The molecule has 0 bridgehead atoms. The van der Waals surface area contributed by atoms with Gasteiger partial charge in [0.15, 0.2) is 0 Å². The van der Waals surface area contributed by atoms with Crippen LogP contribution >= 0.6 is 0 Å². The quantitative estimate of drug-likeness (QED) is 0.743. The van der Waals surface area contributed by atoms with Crippen molar-refractivity contribution in [3.8, 4) is 0 Å². The molecule has 25 heavy (non-hydrogen) atoms. The third-order valence-electron chi connectivity index (χ3n) is 5.71. The molecule has 2 heterocycles. The molecular weight excluding hydrogens is 312 g/mol. The van der Waals surface area contributed by atoms with Gasteiger partial charge in [0.05, 0.1) is 12.5 Å². The first-order valence-corrected chi connectivity index (χ1v) is 9.93. The molecule has 0 aliphatic carbocycles. The lowest BCUT2D eigenvalue weighted by Gasteiger charge is -2.41. The second kappa shape index (κ2) is 9.35. The van der Waals surface area contributed by atoms with Crippen LogP contribution in [0.4, 0.5) is 0 Å². The Labute approximate surface area is 152 Å². The summed E-state index contributed by atoms with van der Waals surface area (Å²) in [5.41, 5.74) is 1.43. The molecule has 2 aliphatic rings. The standard InChI is InChI=1S/C21H32N2O2/c1-2-25-21(24)19-9-6-13-23(17-19)20-11-15-22(16-12-20)14-10-18-7-4-3-5-8-18/h3-5,7-8,19-20H,2,6,9-17H2,1H3/t19-/m1/s1. The molecule has 1 atom stereocenters. The molecule has 0 unspecified atom stereocenters. The predicted octanol–water partition coefficient (Wildman–Crippen LogP) is 2.97. The summed E-state index contributed by atoms with van der Waals surface area (Å²) in [6, 6.07) is 11.4. The van der Waals surface area contributed by atoms with Gasteiger partial charge in [-0.2, -0.15) is 0 Å². The molecule has 0 saturated carbocycles. The lowest BCUT2D eigenvalue weighted by Crippen LogP contribution is -2.49. The zero-order valence-electron chi connectivity index (χ0n) is 15.5. The number of nitrogens with zero attached hydrogens (tertiary/aromatic N) is 2. The fourth-order valence-corrected chi connectivity index (χ4v) is 4.23. The van der Waals surface area contributed by atoms with E-state index in [-0.39, 0.29) is 11.9 Å². The second-order valence-electron chi connectivity index (χ2n) is 7.39. The van der Waals surface area contributed by atoms with Crippen LogP contribution in [0.25, 0.3) is 0 Å². The van der Waals surface area contributed by atoms with Gasteiger partial charge in [-0.1, -0.05) is 30.3 Å². The number of carbonyl (C=O) groups is 1. The molecule has 0 spiro atoms. The van der Waals surface area contributed by atoms with Crippen molar-refractivity contribution in [1.82, 2.24) is 9.80 Å². The van der Waals surface area contributed by atoms with E-state index in [1.165, 1.54) is 31.5 Å². The number of ether oxygens (including phenoxy) is 1. The van der Waals surface area contributed by atoms with Crippen molar-refractivity contribution >= 4 is 5.97 Å². The third-order valence-corrected chi connectivity index (χ3v) is 5.71. The molecule has 3 rings (SSSR count). The van der Waals surface area contributed by atoms with E-state index in [0.717, 1.165) is 38.9 Å². The van der Waals surface area contributed by atoms with Crippen LogP contribution < -0.4 is 0 Å². The van der Waals surface area contributed by atoms with Crippen LogP contribution in [0.15, 0.2) is 30.3 Å². The summed E-state index contributed by atoms with van der Waals surface area (Å²) in [5, 5.41) is 0. The van der Waals surface area contributed by atoms with Gasteiger partial charge in [-0.25, -0.2) is 0 Å². The van der Waals surface area contributed by atoms with Crippen molar-refractivity contribution in [2.75, 3.05) is 39.3 Å². The molecule has 4 heteroatoms. The number of rotatable bonds is 6. The Morgan fingerprint density at radius 3 is 2.60 bits per heavy atom. The minimum absolute atomic E-state index is 0.00694. The van der Waals surface area contributed by atoms with E-state index in [1.54, 1.807) is 0 Å². The first-order valence-electron chi connectivity index (χ1n) is 9.93. The number of likely N-dealkylation sites (tertiary alicyclic amines) is 2. The van der Waals surface area contributed by atoms with Crippen molar-refractivity contribution in [3.63, 3.8) is 0 Å². The van der Waals surface area contributed by atoms with Crippen LogP contribution in [-0.4, -0.2) is 61.1 Å². The van der Waals surface area contributed by atoms with E-state index in [4.69, 9.17) is 4.74 Å². The number of hydrogen-bond acceptors (Lipinski definition) is 4. The van der Waals surface area contributed by atoms with Gasteiger partial charge in [0.2, 0.25) is 0 Å². The van der Waals surface area contributed by atoms with Gasteiger partial charge in [0.1, 0.15) is 0 Å². The summed E-state index contributed by atoms with van der Waals surface area (Å²) in [6.07, 6.45) is 5.71. The maximum atomic E-state index is 12.0. The third kappa shape index (κ3) is 5.29. The SMILES string of the molecule is CCOC(=O)[C@@H]1CCCN(C2CCN(CCc3ccccc3)CC2)C1. The Bertz CT molecular complexity index is 526. The first-order chi connectivity index (χ1) is 12.3. The summed E-state index contributed by atoms with van der Waals surface area (Å²) >= 11 is 0. The highest BCUT2D eigenvalue weighted by molar-refractivity contribution is 5.72. The van der Waals surface area contributed by atoms with Gasteiger partial charge in [-0.15, -0.1) is 0 Å². The molecule has 1 aromatic rings. The van der Waals surface area contributed by atoms with Gasteiger partial charge in [0.25, 0.3) is 0 Å². The van der Waals surface area contributed by atoms with Crippen molar-refractivity contribution in [1.29, 1.82) is 0 Å². The Balaban J connectivity index is 1.41. The van der Waals surface area contributed by atoms with Crippen LogP contribution in [0.2, 0.25) is 0 Å². The number of hydrogen-bond donors (Lipinski definition) is 0. The lowest BCUT2D eigenvalue weighted by molar-refractivity contribution is -0.150. The van der Waals surface area contributed by atoms with Gasteiger partial charge < -0.3 is 9.64 Å². The number of esters is 1. The minimum atomic E-state index is 0.00694. The van der Waals surface area contributed by atoms with Crippen molar-refractivity contribution in [2.45, 2.75) is 45.1 Å². The van der Waals surface area contributed by atoms with Crippen LogP contribution in [0.3, 0.4) is 0 Å². The molecule has 0 radical (unpaired) electrons.